The van der Waals surface area contributed by atoms with Crippen LogP contribution in [0.1, 0.15) is 47.0 Å². The number of ether oxygens (including phenoxy) is 2. The molecule has 0 aromatic heterocycles. The summed E-state index contributed by atoms with van der Waals surface area (Å²) in [6.07, 6.45) is 7.95. The maximum atomic E-state index is 5.35. The molecule has 0 saturated heterocycles. The van der Waals surface area contributed by atoms with Crippen LogP contribution in [-0.4, -0.2) is 20.0 Å². The maximum Gasteiger partial charge on any atom is 0.184 e. The summed E-state index contributed by atoms with van der Waals surface area (Å²) in [7, 11) is 3.34. The average Bonchev–Trinajstić information content (AvgIpc) is 2.27. The van der Waals surface area contributed by atoms with Crippen LogP contribution in [0.2, 0.25) is 0 Å². The Morgan fingerprint density at radius 1 is 1.24 bits per heavy atom. The zero-order valence-electron chi connectivity index (χ0n) is 12.1. The second kappa shape index (κ2) is 5.36. The molecule has 2 nitrogen and oxygen atoms in total. The van der Waals surface area contributed by atoms with Gasteiger partial charge in [0.2, 0.25) is 0 Å². The first-order valence-corrected chi connectivity index (χ1v) is 6.34. The van der Waals surface area contributed by atoms with E-state index >= 15 is 0 Å². The fourth-order valence-electron chi connectivity index (χ4n) is 2.46. The van der Waals surface area contributed by atoms with Crippen molar-refractivity contribution in [2.75, 3.05) is 14.2 Å². The molecule has 0 saturated carbocycles. The Morgan fingerprint density at radius 2 is 1.82 bits per heavy atom. The summed E-state index contributed by atoms with van der Waals surface area (Å²) in [6.45, 7) is 8.78. The van der Waals surface area contributed by atoms with Crippen molar-refractivity contribution in [1.29, 1.82) is 0 Å². The highest BCUT2D eigenvalue weighted by molar-refractivity contribution is 5.33. The predicted octanol–water partition coefficient (Wildman–Crippen LogP) is 4.08. The summed E-state index contributed by atoms with van der Waals surface area (Å²) in [6, 6.07) is 0. The molecule has 0 fully saturated rings. The molecule has 1 rings (SSSR count). The van der Waals surface area contributed by atoms with Gasteiger partial charge < -0.3 is 9.47 Å². The number of hydrogen-bond acceptors (Lipinski definition) is 2. The summed E-state index contributed by atoms with van der Waals surface area (Å²) >= 11 is 0. The molecular formula is C15H26O2. The van der Waals surface area contributed by atoms with E-state index in [1.165, 1.54) is 30.4 Å². The van der Waals surface area contributed by atoms with E-state index in [4.69, 9.17) is 9.47 Å². The van der Waals surface area contributed by atoms with Crippen molar-refractivity contribution in [2.24, 2.45) is 5.41 Å². The van der Waals surface area contributed by atoms with E-state index in [9.17, 15) is 0 Å². The van der Waals surface area contributed by atoms with Gasteiger partial charge in [-0.15, -0.1) is 0 Å². The quantitative estimate of drug-likeness (QED) is 0.687. The van der Waals surface area contributed by atoms with Crippen LogP contribution in [0.15, 0.2) is 23.3 Å². The minimum atomic E-state index is -0.624. The van der Waals surface area contributed by atoms with E-state index in [-0.39, 0.29) is 5.41 Å². The summed E-state index contributed by atoms with van der Waals surface area (Å²) in [4.78, 5) is 0. The monoisotopic (exact) mass is 238 g/mol. The molecule has 1 aliphatic carbocycles. The Hall–Kier alpha value is -0.600. The Bertz CT molecular complexity index is 320. The average molecular weight is 238 g/mol. The first-order valence-electron chi connectivity index (χ1n) is 6.34. The fraction of sp³-hybridized carbons (Fsp3) is 0.733. The second-order valence-corrected chi connectivity index (χ2v) is 5.69. The molecule has 0 aliphatic heterocycles. The first-order chi connectivity index (χ1) is 7.84. The predicted molar refractivity (Wildman–Crippen MR) is 71.9 cm³/mol. The van der Waals surface area contributed by atoms with Crippen LogP contribution in [0.25, 0.3) is 0 Å². The summed E-state index contributed by atoms with van der Waals surface area (Å²) in [5.74, 6) is -0.624. The van der Waals surface area contributed by atoms with Crippen molar-refractivity contribution in [3.63, 3.8) is 0 Å². The lowest BCUT2D eigenvalue weighted by atomic mass is 9.72. The third kappa shape index (κ3) is 3.43. The van der Waals surface area contributed by atoms with E-state index in [0.717, 1.165) is 0 Å². The van der Waals surface area contributed by atoms with Gasteiger partial charge in [-0.25, -0.2) is 0 Å². The zero-order chi connectivity index (χ0) is 13.1. The van der Waals surface area contributed by atoms with Gasteiger partial charge >= 0.3 is 0 Å². The van der Waals surface area contributed by atoms with E-state index in [1.807, 2.05) is 13.0 Å². The van der Waals surface area contributed by atoms with Gasteiger partial charge in [-0.2, -0.15) is 0 Å². The van der Waals surface area contributed by atoms with Crippen LogP contribution < -0.4 is 0 Å². The van der Waals surface area contributed by atoms with Gasteiger partial charge in [-0.05, 0) is 50.2 Å². The molecule has 1 aliphatic rings. The SMILES string of the molecule is COC(C)(/C=C/C1=C(C)CCCC1(C)C)OC. The third-order valence-corrected chi connectivity index (χ3v) is 3.91. The topological polar surface area (TPSA) is 18.5 Å². The van der Waals surface area contributed by atoms with Gasteiger partial charge in [0, 0.05) is 14.2 Å². The van der Waals surface area contributed by atoms with Crippen molar-refractivity contribution in [1.82, 2.24) is 0 Å². The van der Waals surface area contributed by atoms with Gasteiger partial charge in [0.15, 0.2) is 5.79 Å². The highest BCUT2D eigenvalue weighted by Gasteiger charge is 2.27. The smallest absolute Gasteiger partial charge is 0.184 e. The largest absolute Gasteiger partial charge is 0.350 e. The Labute approximate surface area is 106 Å². The Balaban J connectivity index is 2.96. The van der Waals surface area contributed by atoms with Crippen LogP contribution in [0.3, 0.4) is 0 Å². The fourth-order valence-corrected chi connectivity index (χ4v) is 2.46. The normalized spacial score (nSPS) is 21.3. The molecule has 98 valence electrons. The van der Waals surface area contributed by atoms with Gasteiger partial charge in [-0.1, -0.05) is 25.5 Å². The summed E-state index contributed by atoms with van der Waals surface area (Å²) < 4.78 is 10.7. The molecule has 0 unspecified atom stereocenters. The third-order valence-electron chi connectivity index (χ3n) is 3.91. The molecule has 0 bridgehead atoms. The maximum absolute atomic E-state index is 5.35. The van der Waals surface area contributed by atoms with Gasteiger partial charge in [0.05, 0.1) is 0 Å². The molecule has 17 heavy (non-hydrogen) atoms. The van der Waals surface area contributed by atoms with Gasteiger partial charge in [-0.3, -0.25) is 0 Å². The lowest BCUT2D eigenvalue weighted by molar-refractivity contribution is -0.155. The standard InChI is InChI=1S/C15H26O2/c1-12-8-7-10-14(2,3)13(12)9-11-15(4,16-5)17-6/h9,11H,7-8,10H2,1-6H3/b11-9+. The second-order valence-electron chi connectivity index (χ2n) is 5.69. The van der Waals surface area contributed by atoms with Crippen molar-refractivity contribution in [3.8, 4) is 0 Å². The summed E-state index contributed by atoms with van der Waals surface area (Å²) in [5, 5.41) is 0. The van der Waals surface area contributed by atoms with Crippen LogP contribution in [0.5, 0.6) is 0 Å². The molecule has 0 atom stereocenters. The minimum Gasteiger partial charge on any atom is -0.350 e. The van der Waals surface area contributed by atoms with Crippen LogP contribution in [0.4, 0.5) is 0 Å². The van der Waals surface area contributed by atoms with Crippen LogP contribution >= 0.6 is 0 Å². The van der Waals surface area contributed by atoms with E-state index in [0.29, 0.717) is 0 Å². The molecule has 0 N–H and O–H groups in total. The highest BCUT2D eigenvalue weighted by atomic mass is 16.7. The molecule has 0 aromatic carbocycles. The summed E-state index contributed by atoms with van der Waals surface area (Å²) in [5.41, 5.74) is 3.19. The van der Waals surface area contributed by atoms with Crippen molar-refractivity contribution < 1.29 is 9.47 Å². The number of allylic oxidation sites excluding steroid dienone is 3. The van der Waals surface area contributed by atoms with E-state index in [2.05, 4.69) is 26.8 Å². The van der Waals surface area contributed by atoms with Crippen LogP contribution in [0, 0.1) is 5.41 Å². The Kier molecular flexibility index (Phi) is 4.56. The Morgan fingerprint density at radius 3 is 2.29 bits per heavy atom. The molecule has 0 spiro atoms. The lowest BCUT2D eigenvalue weighted by Gasteiger charge is -2.33. The molecule has 0 aromatic rings. The lowest BCUT2D eigenvalue weighted by Crippen LogP contribution is -2.27. The van der Waals surface area contributed by atoms with E-state index in [1.54, 1.807) is 14.2 Å². The molecule has 2 heteroatoms. The molecular weight excluding hydrogens is 212 g/mol. The van der Waals surface area contributed by atoms with Crippen molar-refractivity contribution >= 4 is 0 Å². The van der Waals surface area contributed by atoms with Crippen molar-refractivity contribution in [2.45, 2.75) is 52.7 Å². The number of methoxy groups -OCH3 is 2. The molecule has 0 amide bonds. The van der Waals surface area contributed by atoms with Crippen molar-refractivity contribution in [3.05, 3.63) is 23.3 Å². The van der Waals surface area contributed by atoms with Gasteiger partial charge in [0.1, 0.15) is 0 Å². The molecule has 0 heterocycles. The number of hydrogen-bond donors (Lipinski definition) is 0. The minimum absolute atomic E-state index is 0.265. The molecule has 0 radical (unpaired) electrons. The highest BCUT2D eigenvalue weighted by Crippen LogP contribution is 2.41. The van der Waals surface area contributed by atoms with Gasteiger partial charge in [0.25, 0.3) is 0 Å². The van der Waals surface area contributed by atoms with Crippen LogP contribution in [-0.2, 0) is 9.47 Å². The zero-order valence-corrected chi connectivity index (χ0v) is 12.1. The first kappa shape index (κ1) is 14.5. The van der Waals surface area contributed by atoms with E-state index < -0.39 is 5.79 Å². The number of rotatable bonds is 4.